The standard InChI is InChI=1S/C65H126O8P2S2/c1-7-11-15-19-29-37-53-68-63(66)43-35-27-23-25-33-41-57-76-74(70-55-39-31-21-17-13-9-3)72-61-49-45-59(46-50-61)65(5,6)60-47-51-62(52-48-60)73-75(71-56-40-32-22-18-14-10-4)77-58-42-34-26-24-28-36-44-64(67)69-54-38-30-20-16-12-8-2/h59-62H,7-58H2,1-6H3. The minimum absolute atomic E-state index is 0.00783. The number of carbonyl (C=O) groups is 2. The first kappa shape index (κ1) is 73.4. The van der Waals surface area contributed by atoms with Crippen LogP contribution in [0.25, 0.3) is 0 Å². The van der Waals surface area contributed by atoms with Crippen molar-refractivity contribution >= 4 is 49.9 Å². The summed E-state index contributed by atoms with van der Waals surface area (Å²) in [5.41, 5.74) is 0.324. The highest BCUT2D eigenvalue weighted by Gasteiger charge is 2.41. The number of hydrogen-bond donors (Lipinski definition) is 0. The number of unbranched alkanes of at least 4 members (excludes halogenated alkanes) is 30. The van der Waals surface area contributed by atoms with Crippen LogP contribution in [0.5, 0.6) is 0 Å². The van der Waals surface area contributed by atoms with Gasteiger partial charge in [-0.15, -0.1) is 0 Å². The van der Waals surface area contributed by atoms with Gasteiger partial charge in [0, 0.05) is 24.3 Å². The average molecular weight is 1160 g/mol. The van der Waals surface area contributed by atoms with Crippen LogP contribution in [0, 0.1) is 17.3 Å². The van der Waals surface area contributed by atoms with Gasteiger partial charge in [0.15, 0.2) is 0 Å². The quantitative estimate of drug-likeness (QED) is 0.0333. The maximum atomic E-state index is 12.2. The molecule has 0 aliphatic heterocycles. The van der Waals surface area contributed by atoms with Crippen molar-refractivity contribution in [1.29, 1.82) is 0 Å². The van der Waals surface area contributed by atoms with Crippen LogP contribution in [0.3, 0.4) is 0 Å². The number of ether oxygens (including phenoxy) is 2. The molecular weight excluding hydrogens is 1030 g/mol. The van der Waals surface area contributed by atoms with Gasteiger partial charge in [-0.1, -0.05) is 244 Å². The van der Waals surface area contributed by atoms with Crippen LogP contribution in [-0.2, 0) is 37.2 Å². The molecule has 2 saturated carbocycles. The van der Waals surface area contributed by atoms with E-state index in [-0.39, 0.29) is 11.9 Å². The highest BCUT2D eigenvalue weighted by atomic mass is 32.7. The van der Waals surface area contributed by atoms with Crippen molar-refractivity contribution in [3.05, 3.63) is 0 Å². The normalized spacial score (nSPS) is 18.9. The molecule has 0 amide bonds. The molecule has 0 aromatic rings. The summed E-state index contributed by atoms with van der Waals surface area (Å²) in [4.78, 5) is 24.3. The van der Waals surface area contributed by atoms with Crippen LogP contribution >= 0.6 is 37.9 Å². The van der Waals surface area contributed by atoms with E-state index in [0.717, 1.165) is 114 Å². The lowest BCUT2D eigenvalue weighted by Crippen LogP contribution is -2.38. The molecular formula is C65H126O8P2S2. The minimum atomic E-state index is -0.923. The Kier molecular flexibility index (Phi) is 50.6. The van der Waals surface area contributed by atoms with Crippen molar-refractivity contribution in [2.75, 3.05) is 37.9 Å². The molecule has 2 atom stereocenters. The van der Waals surface area contributed by atoms with Crippen molar-refractivity contribution in [3.63, 3.8) is 0 Å². The lowest BCUT2D eigenvalue weighted by molar-refractivity contribution is -0.144. The summed E-state index contributed by atoms with van der Waals surface area (Å²) >= 11 is 3.91. The maximum Gasteiger partial charge on any atom is 0.305 e. The molecule has 0 bridgehead atoms. The molecule has 2 aliphatic rings. The second kappa shape index (κ2) is 53.1. The third-order valence-corrected chi connectivity index (χ3v) is 23.4. The Labute approximate surface area is 488 Å². The van der Waals surface area contributed by atoms with Crippen LogP contribution < -0.4 is 0 Å². The zero-order chi connectivity index (χ0) is 55.5. The van der Waals surface area contributed by atoms with E-state index in [2.05, 4.69) is 41.5 Å². The molecule has 0 N–H and O–H groups in total. The first-order chi connectivity index (χ1) is 37.7. The third kappa shape index (κ3) is 41.9. The van der Waals surface area contributed by atoms with Crippen molar-refractivity contribution in [1.82, 2.24) is 0 Å². The molecule has 0 radical (unpaired) electrons. The zero-order valence-corrected chi connectivity index (χ0v) is 55.0. The molecule has 0 spiro atoms. The highest BCUT2D eigenvalue weighted by molar-refractivity contribution is 8.53. The molecule has 456 valence electrons. The highest BCUT2D eigenvalue weighted by Crippen LogP contribution is 2.58. The van der Waals surface area contributed by atoms with E-state index in [1.165, 1.54) is 205 Å². The fraction of sp³-hybridized carbons (Fsp3) is 0.969. The Bertz CT molecular complexity index is 1210. The number of hydrogen-bond acceptors (Lipinski definition) is 10. The van der Waals surface area contributed by atoms with Gasteiger partial charge in [0.05, 0.1) is 38.6 Å². The summed E-state index contributed by atoms with van der Waals surface area (Å²) in [5.74, 6) is 3.69. The SMILES string of the molecule is CCCCCCCCOC(=O)CCCCCCCCSP(OCCCCCCCC)OC1CCC(C(C)(C)C2CCC(OP(OCCCCCCCC)SCCCCCCCCC(=O)OCCCCCCCC)CC2)CC1. The summed E-state index contributed by atoms with van der Waals surface area (Å²) in [6.07, 6.45) is 55.4. The molecule has 0 saturated heterocycles. The Morgan fingerprint density at radius 3 is 0.961 bits per heavy atom. The van der Waals surface area contributed by atoms with Crippen LogP contribution in [-0.4, -0.2) is 62.1 Å². The Morgan fingerprint density at radius 2 is 0.636 bits per heavy atom. The average Bonchev–Trinajstić information content (AvgIpc) is 3.43. The molecule has 2 fully saturated rings. The van der Waals surface area contributed by atoms with Crippen molar-refractivity contribution < 1.29 is 37.2 Å². The first-order valence-corrected chi connectivity index (χ1v) is 39.0. The molecule has 8 nitrogen and oxygen atoms in total. The van der Waals surface area contributed by atoms with E-state index in [0.29, 0.717) is 43.7 Å². The van der Waals surface area contributed by atoms with E-state index in [9.17, 15) is 9.59 Å². The van der Waals surface area contributed by atoms with Crippen molar-refractivity contribution in [2.24, 2.45) is 17.3 Å². The smallest absolute Gasteiger partial charge is 0.305 e. The van der Waals surface area contributed by atoms with Gasteiger partial charge in [0.1, 0.15) is 0 Å². The summed E-state index contributed by atoms with van der Waals surface area (Å²) in [5, 5.41) is 0. The number of rotatable bonds is 56. The van der Waals surface area contributed by atoms with Crippen LogP contribution in [0.4, 0.5) is 0 Å². The largest absolute Gasteiger partial charge is 0.466 e. The van der Waals surface area contributed by atoms with Crippen LogP contribution in [0.2, 0.25) is 0 Å². The van der Waals surface area contributed by atoms with E-state index in [1.54, 1.807) is 0 Å². The fourth-order valence-electron chi connectivity index (χ4n) is 11.4. The van der Waals surface area contributed by atoms with E-state index >= 15 is 0 Å². The molecule has 77 heavy (non-hydrogen) atoms. The predicted octanol–water partition coefficient (Wildman–Crippen LogP) is 23.1. The topological polar surface area (TPSA) is 89.5 Å². The Balaban J connectivity index is 1.72. The van der Waals surface area contributed by atoms with Gasteiger partial charge in [-0.3, -0.25) is 9.59 Å². The van der Waals surface area contributed by atoms with E-state index in [4.69, 9.17) is 27.6 Å². The zero-order valence-electron chi connectivity index (χ0n) is 51.6. The van der Waals surface area contributed by atoms with Gasteiger partial charge < -0.3 is 27.6 Å². The van der Waals surface area contributed by atoms with Gasteiger partial charge in [-0.2, -0.15) is 0 Å². The van der Waals surface area contributed by atoms with Crippen LogP contribution in [0.15, 0.2) is 0 Å². The molecule has 0 heterocycles. The second-order valence-electron chi connectivity index (χ2n) is 24.0. The summed E-state index contributed by atoms with van der Waals surface area (Å²) < 4.78 is 37.9. The fourth-order valence-corrected chi connectivity index (χ4v) is 17.8. The summed E-state index contributed by atoms with van der Waals surface area (Å²) in [6, 6.07) is 0. The lowest BCUT2D eigenvalue weighted by atomic mass is 9.60. The van der Waals surface area contributed by atoms with Gasteiger partial charge in [-0.05, 0) is 120 Å². The Hall–Kier alpha value is 0.340. The molecule has 2 rings (SSSR count). The van der Waals surface area contributed by atoms with E-state index < -0.39 is 15.2 Å². The maximum absolute atomic E-state index is 12.2. The van der Waals surface area contributed by atoms with Gasteiger partial charge in [-0.25, -0.2) is 0 Å². The molecule has 0 aromatic heterocycles. The summed E-state index contributed by atoms with van der Waals surface area (Å²) in [6.45, 7) is 17.1. The van der Waals surface area contributed by atoms with Gasteiger partial charge in [0.2, 0.25) is 15.2 Å². The van der Waals surface area contributed by atoms with Gasteiger partial charge >= 0.3 is 11.9 Å². The van der Waals surface area contributed by atoms with Crippen LogP contribution in [0.1, 0.15) is 337 Å². The third-order valence-electron chi connectivity index (χ3n) is 16.8. The summed E-state index contributed by atoms with van der Waals surface area (Å²) in [7, 11) is -1.85. The molecule has 2 unspecified atom stereocenters. The van der Waals surface area contributed by atoms with Crippen molar-refractivity contribution in [2.45, 2.75) is 349 Å². The molecule has 2 aliphatic carbocycles. The van der Waals surface area contributed by atoms with E-state index in [1.807, 2.05) is 22.8 Å². The monoisotopic (exact) mass is 1160 g/mol. The second-order valence-corrected chi connectivity index (χ2v) is 30.5. The predicted molar refractivity (Wildman–Crippen MR) is 338 cm³/mol. The Morgan fingerprint density at radius 1 is 0.364 bits per heavy atom. The van der Waals surface area contributed by atoms with Gasteiger partial charge in [0.25, 0.3) is 0 Å². The first-order valence-electron chi connectivity index (χ1n) is 33.5. The molecule has 12 heteroatoms. The minimum Gasteiger partial charge on any atom is -0.466 e. The van der Waals surface area contributed by atoms with Crippen molar-refractivity contribution in [3.8, 4) is 0 Å². The number of carbonyl (C=O) groups excluding carboxylic acids is 2. The number of esters is 2. The lowest BCUT2D eigenvalue weighted by Gasteiger charge is -2.46. The molecule has 0 aromatic carbocycles.